The fraction of sp³-hybridized carbons (Fsp3) is 0.455. The smallest absolute Gasteiger partial charge is 0.123 e. The van der Waals surface area contributed by atoms with E-state index in [1.807, 2.05) is 7.05 Å². The summed E-state index contributed by atoms with van der Waals surface area (Å²) in [4.78, 5) is 0. The highest BCUT2D eigenvalue weighted by Gasteiger charge is 2.09. The van der Waals surface area contributed by atoms with Gasteiger partial charge in [-0.3, -0.25) is 0 Å². The number of aliphatic hydroxyl groups is 1. The number of aliphatic hydroxyl groups excluding tert-OH is 1. The van der Waals surface area contributed by atoms with Crippen molar-refractivity contribution in [2.75, 3.05) is 20.2 Å². The monoisotopic (exact) mass is 197 g/mol. The van der Waals surface area contributed by atoms with Gasteiger partial charge in [0.05, 0.1) is 0 Å². The Morgan fingerprint density at radius 2 is 2.00 bits per heavy atom. The Bertz CT molecular complexity index is 254. The number of likely N-dealkylation sites (N-methyl/N-ethyl adjacent to an activating group) is 1. The van der Waals surface area contributed by atoms with E-state index in [-0.39, 0.29) is 18.3 Å². The predicted octanol–water partition coefficient (Wildman–Crippen LogP) is 1.51. The van der Waals surface area contributed by atoms with Crippen LogP contribution in [0.15, 0.2) is 24.3 Å². The second-order valence-corrected chi connectivity index (χ2v) is 3.32. The van der Waals surface area contributed by atoms with E-state index in [9.17, 15) is 4.39 Å². The van der Waals surface area contributed by atoms with Crippen molar-refractivity contribution >= 4 is 0 Å². The van der Waals surface area contributed by atoms with Crippen LogP contribution in [0.4, 0.5) is 4.39 Å². The first-order chi connectivity index (χ1) is 6.77. The molecule has 0 saturated heterocycles. The normalized spacial score (nSPS) is 12.8. The summed E-state index contributed by atoms with van der Waals surface area (Å²) in [7, 11) is 1.87. The van der Waals surface area contributed by atoms with Crippen LogP contribution < -0.4 is 5.32 Å². The molecule has 0 fully saturated rings. The average Bonchev–Trinajstić information content (AvgIpc) is 2.19. The molecule has 2 nitrogen and oxygen atoms in total. The highest BCUT2D eigenvalue weighted by Crippen LogP contribution is 2.18. The van der Waals surface area contributed by atoms with Crippen LogP contribution >= 0.6 is 0 Å². The summed E-state index contributed by atoms with van der Waals surface area (Å²) in [6.07, 6.45) is 0.701. The summed E-state index contributed by atoms with van der Waals surface area (Å²) in [5.74, 6) is 0.0338. The molecule has 78 valence electrons. The van der Waals surface area contributed by atoms with E-state index in [2.05, 4.69) is 5.32 Å². The van der Waals surface area contributed by atoms with Crippen LogP contribution in [0.25, 0.3) is 0 Å². The van der Waals surface area contributed by atoms with Crippen LogP contribution in [0.3, 0.4) is 0 Å². The third kappa shape index (κ3) is 3.09. The molecule has 0 aliphatic rings. The Balaban J connectivity index is 2.71. The number of halogens is 1. The van der Waals surface area contributed by atoms with Crippen molar-refractivity contribution in [3.8, 4) is 0 Å². The third-order valence-corrected chi connectivity index (χ3v) is 2.27. The molecule has 1 aromatic carbocycles. The molecule has 14 heavy (non-hydrogen) atoms. The third-order valence-electron chi connectivity index (χ3n) is 2.27. The van der Waals surface area contributed by atoms with Crippen LogP contribution in [-0.4, -0.2) is 25.3 Å². The van der Waals surface area contributed by atoms with Gasteiger partial charge in [-0.2, -0.15) is 0 Å². The molecule has 0 spiro atoms. The first kappa shape index (κ1) is 11.1. The first-order valence-corrected chi connectivity index (χ1v) is 4.79. The predicted molar refractivity (Wildman–Crippen MR) is 54.8 cm³/mol. The first-order valence-electron chi connectivity index (χ1n) is 4.79. The van der Waals surface area contributed by atoms with Crippen LogP contribution in [0.5, 0.6) is 0 Å². The summed E-state index contributed by atoms with van der Waals surface area (Å²) in [6.45, 7) is 0.954. The SMILES string of the molecule is CNCC(CCO)c1ccc(F)cc1. The summed E-state index contributed by atoms with van der Waals surface area (Å²) in [5, 5.41) is 11.9. The van der Waals surface area contributed by atoms with Gasteiger partial charge in [-0.05, 0) is 37.1 Å². The molecule has 0 heterocycles. The van der Waals surface area contributed by atoms with Gasteiger partial charge in [0.15, 0.2) is 0 Å². The molecular weight excluding hydrogens is 181 g/mol. The van der Waals surface area contributed by atoms with E-state index in [0.717, 1.165) is 12.1 Å². The van der Waals surface area contributed by atoms with Crippen LogP contribution in [0.2, 0.25) is 0 Å². The van der Waals surface area contributed by atoms with E-state index >= 15 is 0 Å². The van der Waals surface area contributed by atoms with E-state index in [0.29, 0.717) is 6.42 Å². The molecule has 0 aliphatic carbocycles. The number of benzene rings is 1. The number of nitrogens with one attached hydrogen (secondary N) is 1. The topological polar surface area (TPSA) is 32.3 Å². The lowest BCUT2D eigenvalue weighted by atomic mass is 9.96. The van der Waals surface area contributed by atoms with Crippen LogP contribution in [0, 0.1) is 5.82 Å². The highest BCUT2D eigenvalue weighted by atomic mass is 19.1. The van der Waals surface area contributed by atoms with Gasteiger partial charge < -0.3 is 10.4 Å². The minimum absolute atomic E-state index is 0.156. The van der Waals surface area contributed by atoms with Crippen LogP contribution in [0.1, 0.15) is 17.9 Å². The molecule has 1 unspecified atom stereocenters. The molecule has 1 aromatic rings. The van der Waals surface area contributed by atoms with Crippen LogP contribution in [-0.2, 0) is 0 Å². The maximum absolute atomic E-state index is 12.7. The molecule has 1 rings (SSSR count). The van der Waals surface area contributed by atoms with Gasteiger partial charge in [-0.1, -0.05) is 12.1 Å². The summed E-state index contributed by atoms with van der Waals surface area (Å²) in [5.41, 5.74) is 1.06. The van der Waals surface area contributed by atoms with E-state index in [4.69, 9.17) is 5.11 Å². The van der Waals surface area contributed by atoms with Gasteiger partial charge in [-0.25, -0.2) is 4.39 Å². The van der Waals surface area contributed by atoms with Crippen molar-refractivity contribution in [1.29, 1.82) is 0 Å². The molecule has 2 N–H and O–H groups in total. The number of hydrogen-bond donors (Lipinski definition) is 2. The number of rotatable bonds is 5. The van der Waals surface area contributed by atoms with Gasteiger partial charge in [0.1, 0.15) is 5.82 Å². The molecule has 0 bridgehead atoms. The highest BCUT2D eigenvalue weighted by molar-refractivity contribution is 5.20. The largest absolute Gasteiger partial charge is 0.396 e. The molecular formula is C11H16FNO. The lowest BCUT2D eigenvalue weighted by molar-refractivity contribution is 0.274. The lowest BCUT2D eigenvalue weighted by Gasteiger charge is -2.15. The Hall–Kier alpha value is -0.930. The summed E-state index contributed by atoms with van der Waals surface area (Å²) in [6, 6.07) is 6.45. The molecule has 0 saturated carbocycles. The Kier molecular flexibility index (Phi) is 4.56. The molecule has 0 aliphatic heterocycles. The van der Waals surface area contributed by atoms with Crippen molar-refractivity contribution in [1.82, 2.24) is 5.32 Å². The minimum Gasteiger partial charge on any atom is -0.396 e. The minimum atomic E-state index is -0.221. The maximum atomic E-state index is 12.7. The number of hydrogen-bond acceptors (Lipinski definition) is 2. The maximum Gasteiger partial charge on any atom is 0.123 e. The van der Waals surface area contributed by atoms with Gasteiger partial charge in [-0.15, -0.1) is 0 Å². The Morgan fingerprint density at radius 3 is 2.50 bits per heavy atom. The fourth-order valence-electron chi connectivity index (χ4n) is 1.52. The molecule has 1 atom stereocenters. The molecule has 3 heteroatoms. The zero-order valence-electron chi connectivity index (χ0n) is 8.33. The van der Waals surface area contributed by atoms with Gasteiger partial charge in [0.25, 0.3) is 0 Å². The van der Waals surface area contributed by atoms with Crippen molar-refractivity contribution in [3.63, 3.8) is 0 Å². The zero-order chi connectivity index (χ0) is 10.4. The van der Waals surface area contributed by atoms with E-state index < -0.39 is 0 Å². The zero-order valence-corrected chi connectivity index (χ0v) is 8.33. The second-order valence-electron chi connectivity index (χ2n) is 3.32. The molecule has 0 radical (unpaired) electrons. The summed E-state index contributed by atoms with van der Waals surface area (Å²) >= 11 is 0. The fourth-order valence-corrected chi connectivity index (χ4v) is 1.52. The van der Waals surface area contributed by atoms with Crippen molar-refractivity contribution in [2.45, 2.75) is 12.3 Å². The van der Waals surface area contributed by atoms with E-state index in [1.165, 1.54) is 12.1 Å². The van der Waals surface area contributed by atoms with Gasteiger partial charge >= 0.3 is 0 Å². The Labute approximate surface area is 83.8 Å². The van der Waals surface area contributed by atoms with Gasteiger partial charge in [0.2, 0.25) is 0 Å². The quantitative estimate of drug-likeness (QED) is 0.750. The van der Waals surface area contributed by atoms with Crippen molar-refractivity contribution < 1.29 is 9.50 Å². The van der Waals surface area contributed by atoms with Crippen molar-refractivity contribution in [2.24, 2.45) is 0 Å². The van der Waals surface area contributed by atoms with E-state index in [1.54, 1.807) is 12.1 Å². The lowest BCUT2D eigenvalue weighted by Crippen LogP contribution is -2.18. The Morgan fingerprint density at radius 1 is 1.36 bits per heavy atom. The van der Waals surface area contributed by atoms with Gasteiger partial charge in [0, 0.05) is 13.2 Å². The average molecular weight is 197 g/mol. The standard InChI is InChI=1S/C11H16FNO/c1-13-8-10(6-7-14)9-2-4-11(12)5-3-9/h2-5,10,13-14H,6-8H2,1H3. The molecule has 0 aromatic heterocycles. The second kappa shape index (κ2) is 5.73. The van der Waals surface area contributed by atoms with Crippen molar-refractivity contribution in [3.05, 3.63) is 35.6 Å². The molecule has 0 amide bonds. The summed E-state index contributed by atoms with van der Waals surface area (Å²) < 4.78 is 12.7.